The number of carbonyl (C=O) groups excluding carboxylic acids is 2. The predicted molar refractivity (Wildman–Crippen MR) is 130 cm³/mol. The highest BCUT2D eigenvalue weighted by Crippen LogP contribution is 2.22. The molecular weight excluding hydrogens is 414 g/mol. The lowest BCUT2D eigenvalue weighted by molar-refractivity contribution is -0.118. The summed E-state index contributed by atoms with van der Waals surface area (Å²) in [5.74, 6) is -0.435. The molecule has 33 heavy (non-hydrogen) atoms. The van der Waals surface area contributed by atoms with Gasteiger partial charge in [0.25, 0.3) is 11.8 Å². The molecule has 0 heterocycles. The molecule has 0 aliphatic heterocycles. The second-order valence-corrected chi connectivity index (χ2v) is 7.69. The molecule has 0 saturated heterocycles. The van der Waals surface area contributed by atoms with E-state index in [1.54, 1.807) is 30.3 Å². The Morgan fingerprint density at radius 3 is 2.45 bits per heavy atom. The summed E-state index contributed by atoms with van der Waals surface area (Å²) in [5, 5.41) is 15.1. The van der Waals surface area contributed by atoms with Gasteiger partial charge in [-0.15, -0.1) is 0 Å². The average molecular weight is 440 g/mol. The van der Waals surface area contributed by atoms with E-state index in [1.807, 2.05) is 63.2 Å². The van der Waals surface area contributed by atoms with Gasteiger partial charge in [0.15, 0.2) is 6.61 Å². The third-order valence-corrected chi connectivity index (χ3v) is 4.89. The van der Waals surface area contributed by atoms with Crippen LogP contribution in [0.15, 0.2) is 72.3 Å². The average Bonchev–Trinajstić information content (AvgIpc) is 2.79. The van der Waals surface area contributed by atoms with Crippen molar-refractivity contribution in [3.05, 3.63) is 94.6 Å². The van der Waals surface area contributed by atoms with Crippen molar-refractivity contribution in [3.8, 4) is 11.8 Å². The van der Waals surface area contributed by atoms with Gasteiger partial charge < -0.3 is 15.4 Å². The molecule has 0 spiro atoms. The summed E-state index contributed by atoms with van der Waals surface area (Å²) in [5.41, 5.74) is 4.77. The first kappa shape index (κ1) is 23.3. The van der Waals surface area contributed by atoms with Crippen molar-refractivity contribution in [2.45, 2.75) is 20.8 Å². The van der Waals surface area contributed by atoms with Crippen LogP contribution in [0.25, 0.3) is 6.08 Å². The summed E-state index contributed by atoms with van der Waals surface area (Å²) in [6.45, 7) is 5.58. The number of hydrogen-bond donors (Lipinski definition) is 2. The van der Waals surface area contributed by atoms with E-state index < -0.39 is 5.91 Å². The van der Waals surface area contributed by atoms with Gasteiger partial charge in [-0.3, -0.25) is 9.59 Å². The molecule has 0 aliphatic carbocycles. The Bertz CT molecular complexity index is 1260. The minimum atomic E-state index is -0.523. The van der Waals surface area contributed by atoms with Crippen LogP contribution in [0.3, 0.4) is 0 Å². The van der Waals surface area contributed by atoms with Crippen LogP contribution in [0.5, 0.6) is 5.75 Å². The van der Waals surface area contributed by atoms with Crippen molar-refractivity contribution in [2.24, 2.45) is 0 Å². The van der Waals surface area contributed by atoms with Crippen molar-refractivity contribution < 1.29 is 14.3 Å². The summed E-state index contributed by atoms with van der Waals surface area (Å²) >= 11 is 0. The number of nitriles is 1. The summed E-state index contributed by atoms with van der Waals surface area (Å²) in [7, 11) is 0. The van der Waals surface area contributed by atoms with Crippen LogP contribution in [0, 0.1) is 32.1 Å². The number of anilines is 2. The van der Waals surface area contributed by atoms with Crippen LogP contribution in [0.2, 0.25) is 0 Å². The van der Waals surface area contributed by atoms with Crippen LogP contribution in [0.4, 0.5) is 11.4 Å². The molecule has 6 heteroatoms. The van der Waals surface area contributed by atoms with Gasteiger partial charge in [0.2, 0.25) is 0 Å². The van der Waals surface area contributed by atoms with Crippen LogP contribution in [-0.4, -0.2) is 18.4 Å². The number of amides is 2. The van der Waals surface area contributed by atoms with E-state index in [0.29, 0.717) is 17.0 Å². The first-order valence-electron chi connectivity index (χ1n) is 10.4. The highest BCUT2D eigenvalue weighted by molar-refractivity contribution is 6.09. The largest absolute Gasteiger partial charge is 0.483 e. The molecule has 3 aromatic carbocycles. The van der Waals surface area contributed by atoms with Crippen LogP contribution in [0.1, 0.15) is 22.3 Å². The number of benzene rings is 3. The molecule has 0 atom stereocenters. The molecule has 2 N–H and O–H groups in total. The number of para-hydroxylation sites is 1. The number of rotatable bonds is 7. The maximum Gasteiger partial charge on any atom is 0.266 e. The third kappa shape index (κ3) is 6.55. The fraction of sp³-hybridized carbons (Fsp3) is 0.148. The second-order valence-electron chi connectivity index (χ2n) is 7.69. The van der Waals surface area contributed by atoms with Crippen molar-refractivity contribution in [1.29, 1.82) is 5.26 Å². The van der Waals surface area contributed by atoms with E-state index in [0.717, 1.165) is 22.4 Å². The smallest absolute Gasteiger partial charge is 0.266 e. The quantitative estimate of drug-likeness (QED) is 0.392. The zero-order valence-corrected chi connectivity index (χ0v) is 18.8. The van der Waals surface area contributed by atoms with Gasteiger partial charge in [-0.1, -0.05) is 42.5 Å². The van der Waals surface area contributed by atoms with Gasteiger partial charge in [0, 0.05) is 16.9 Å². The Morgan fingerprint density at radius 1 is 0.939 bits per heavy atom. The Balaban J connectivity index is 1.71. The van der Waals surface area contributed by atoms with E-state index in [4.69, 9.17) is 4.74 Å². The Labute approximate surface area is 193 Å². The minimum absolute atomic E-state index is 0.0765. The van der Waals surface area contributed by atoms with Gasteiger partial charge in [-0.2, -0.15) is 5.26 Å². The molecule has 0 aliphatic rings. The van der Waals surface area contributed by atoms with E-state index in [-0.39, 0.29) is 18.1 Å². The first-order chi connectivity index (χ1) is 15.9. The Kier molecular flexibility index (Phi) is 7.61. The van der Waals surface area contributed by atoms with Crippen molar-refractivity contribution >= 4 is 29.3 Å². The maximum atomic E-state index is 12.6. The summed E-state index contributed by atoms with van der Waals surface area (Å²) in [6, 6.07) is 22.0. The summed E-state index contributed by atoms with van der Waals surface area (Å²) in [4.78, 5) is 25.0. The molecule has 0 aromatic heterocycles. The van der Waals surface area contributed by atoms with Gasteiger partial charge in [0.1, 0.15) is 17.4 Å². The summed E-state index contributed by atoms with van der Waals surface area (Å²) in [6.07, 6.45) is 1.45. The monoisotopic (exact) mass is 439 g/mol. The molecule has 0 fully saturated rings. The normalized spacial score (nSPS) is 10.8. The first-order valence-corrected chi connectivity index (χ1v) is 10.4. The topological polar surface area (TPSA) is 91.2 Å². The zero-order chi connectivity index (χ0) is 23.8. The number of ether oxygens (including phenoxy) is 1. The Hall–Kier alpha value is -4.37. The predicted octanol–water partition coefficient (Wildman–Crippen LogP) is 5.18. The Morgan fingerprint density at radius 2 is 1.70 bits per heavy atom. The molecule has 3 aromatic rings. The van der Waals surface area contributed by atoms with Crippen molar-refractivity contribution in [2.75, 3.05) is 17.2 Å². The third-order valence-electron chi connectivity index (χ3n) is 4.89. The lowest BCUT2D eigenvalue weighted by Gasteiger charge is -2.12. The highest BCUT2D eigenvalue weighted by atomic mass is 16.5. The van der Waals surface area contributed by atoms with Gasteiger partial charge in [0.05, 0.1) is 0 Å². The number of aryl methyl sites for hydroxylation is 3. The lowest BCUT2D eigenvalue weighted by atomic mass is 10.1. The van der Waals surface area contributed by atoms with E-state index in [1.165, 1.54) is 6.08 Å². The van der Waals surface area contributed by atoms with Crippen LogP contribution in [-0.2, 0) is 9.59 Å². The van der Waals surface area contributed by atoms with Crippen molar-refractivity contribution in [1.82, 2.24) is 0 Å². The fourth-order valence-corrected chi connectivity index (χ4v) is 3.16. The van der Waals surface area contributed by atoms with Gasteiger partial charge >= 0.3 is 0 Å². The van der Waals surface area contributed by atoms with E-state index in [2.05, 4.69) is 10.6 Å². The van der Waals surface area contributed by atoms with Gasteiger partial charge in [-0.05, 0) is 67.8 Å². The number of hydrogen-bond acceptors (Lipinski definition) is 4. The van der Waals surface area contributed by atoms with Crippen LogP contribution < -0.4 is 15.4 Å². The highest BCUT2D eigenvalue weighted by Gasteiger charge is 2.13. The second kappa shape index (κ2) is 10.8. The zero-order valence-electron chi connectivity index (χ0n) is 18.8. The van der Waals surface area contributed by atoms with E-state index in [9.17, 15) is 14.9 Å². The molecule has 2 amide bonds. The molecule has 6 nitrogen and oxygen atoms in total. The number of nitrogens with one attached hydrogen (secondary N) is 2. The standard InChI is InChI=1S/C27H25N3O3/c1-18-7-6-9-23(13-18)29-27(32)22(16-28)15-21-8-4-5-10-25(21)33-17-26(31)30-24-14-19(2)11-12-20(24)3/h4-15H,17H2,1-3H3,(H,29,32)(H,30,31)/b22-15+. The minimum Gasteiger partial charge on any atom is -0.483 e. The molecule has 3 rings (SSSR count). The van der Waals surface area contributed by atoms with E-state index >= 15 is 0 Å². The molecule has 0 bridgehead atoms. The maximum absolute atomic E-state index is 12.6. The van der Waals surface area contributed by atoms with Crippen LogP contribution >= 0.6 is 0 Å². The number of carbonyl (C=O) groups is 2. The molecule has 0 radical (unpaired) electrons. The van der Waals surface area contributed by atoms with Gasteiger partial charge in [-0.25, -0.2) is 0 Å². The molecule has 166 valence electrons. The molecule has 0 saturated carbocycles. The SMILES string of the molecule is Cc1cccc(NC(=O)/C(C#N)=C/c2ccccc2OCC(=O)Nc2cc(C)ccc2C)c1. The lowest BCUT2D eigenvalue weighted by Crippen LogP contribution is -2.21. The molecular formula is C27H25N3O3. The fourth-order valence-electron chi connectivity index (χ4n) is 3.16. The summed E-state index contributed by atoms with van der Waals surface area (Å²) < 4.78 is 5.70. The molecule has 0 unspecified atom stereocenters. The number of nitrogens with zero attached hydrogens (tertiary/aromatic N) is 1. The van der Waals surface area contributed by atoms with Crippen molar-refractivity contribution in [3.63, 3.8) is 0 Å².